The van der Waals surface area contributed by atoms with Crippen molar-refractivity contribution in [3.63, 3.8) is 0 Å². The lowest BCUT2D eigenvalue weighted by Crippen LogP contribution is -2.47. The molecule has 3 heterocycles. The van der Waals surface area contributed by atoms with Gasteiger partial charge >= 0.3 is 17.5 Å². The predicted molar refractivity (Wildman–Crippen MR) is 122 cm³/mol. The Labute approximate surface area is 192 Å². The molecule has 1 aromatic heterocycles. The van der Waals surface area contributed by atoms with Crippen LogP contribution >= 0.6 is 0 Å². The molecule has 2 atom stereocenters. The van der Waals surface area contributed by atoms with Crippen LogP contribution in [0.4, 0.5) is 23.1 Å². The van der Waals surface area contributed by atoms with Crippen molar-refractivity contribution in [2.75, 3.05) is 29.0 Å². The SMILES string of the molecule is Nc1nc2c(c(=O)[nH]1)[N+]1=CN(c3ccc(C(=O)N[C@H](CCC(=O)O)C(=O)O)cc3)CC[C@@H]1CN2. The normalized spacial score (nSPS) is 17.5. The van der Waals surface area contributed by atoms with Crippen LogP contribution in [0.1, 0.15) is 29.6 Å². The second-order valence-corrected chi connectivity index (χ2v) is 8.03. The smallest absolute Gasteiger partial charge is 0.326 e. The first-order chi connectivity index (χ1) is 16.2. The van der Waals surface area contributed by atoms with E-state index in [9.17, 15) is 24.3 Å². The van der Waals surface area contributed by atoms with Crippen molar-refractivity contribution >= 4 is 47.3 Å². The first-order valence-corrected chi connectivity index (χ1v) is 10.6. The zero-order valence-electron chi connectivity index (χ0n) is 18.0. The number of nitrogens with two attached hydrogens (primary N) is 1. The Bertz CT molecular complexity index is 1220. The second-order valence-electron chi connectivity index (χ2n) is 8.03. The highest BCUT2D eigenvalue weighted by molar-refractivity contribution is 5.97. The highest BCUT2D eigenvalue weighted by atomic mass is 16.4. The molecule has 13 heteroatoms. The average Bonchev–Trinajstić information content (AvgIpc) is 2.80. The van der Waals surface area contributed by atoms with Gasteiger partial charge in [0.05, 0.1) is 13.1 Å². The Kier molecular flexibility index (Phi) is 6.17. The molecule has 0 spiro atoms. The summed E-state index contributed by atoms with van der Waals surface area (Å²) in [4.78, 5) is 55.6. The molecule has 34 heavy (non-hydrogen) atoms. The van der Waals surface area contributed by atoms with E-state index in [4.69, 9.17) is 10.8 Å². The number of benzene rings is 1. The minimum absolute atomic E-state index is 0.0329. The van der Waals surface area contributed by atoms with Crippen LogP contribution in [0.5, 0.6) is 0 Å². The van der Waals surface area contributed by atoms with Gasteiger partial charge in [-0.25, -0.2) is 14.3 Å². The van der Waals surface area contributed by atoms with Gasteiger partial charge in [0, 0.05) is 18.4 Å². The first-order valence-electron chi connectivity index (χ1n) is 10.6. The molecule has 0 aliphatic carbocycles. The molecular weight excluding hydrogens is 446 g/mol. The van der Waals surface area contributed by atoms with Gasteiger partial charge in [-0.05, 0) is 30.7 Å². The maximum atomic E-state index is 12.5. The lowest BCUT2D eigenvalue weighted by Gasteiger charge is -2.31. The van der Waals surface area contributed by atoms with Crippen LogP contribution in [0.3, 0.4) is 0 Å². The summed E-state index contributed by atoms with van der Waals surface area (Å²) in [7, 11) is 0. The Balaban J connectivity index is 1.52. The number of fused-ring (bicyclic) bond motifs is 3. The number of carbonyl (C=O) groups is 3. The Hall–Kier alpha value is -4.42. The summed E-state index contributed by atoms with van der Waals surface area (Å²) in [5.74, 6) is -2.60. The molecule has 1 aromatic carbocycles. The summed E-state index contributed by atoms with van der Waals surface area (Å²) >= 11 is 0. The summed E-state index contributed by atoms with van der Waals surface area (Å²) in [5.41, 5.74) is 6.70. The molecule has 2 aliphatic rings. The summed E-state index contributed by atoms with van der Waals surface area (Å²) < 4.78 is 1.86. The van der Waals surface area contributed by atoms with Crippen molar-refractivity contribution in [1.29, 1.82) is 0 Å². The quantitative estimate of drug-likeness (QED) is 0.294. The number of H-pyrrole nitrogens is 1. The number of carboxylic acid groups (broad SMARTS) is 2. The van der Waals surface area contributed by atoms with E-state index < -0.39 is 23.9 Å². The predicted octanol–water partition coefficient (Wildman–Crippen LogP) is -0.223. The van der Waals surface area contributed by atoms with Crippen LogP contribution in [-0.4, -0.2) is 74.1 Å². The van der Waals surface area contributed by atoms with Crippen LogP contribution in [-0.2, 0) is 9.59 Å². The topological polar surface area (TPSA) is 194 Å². The van der Waals surface area contributed by atoms with Crippen LogP contribution in [0.2, 0.25) is 0 Å². The number of aliphatic carboxylic acids is 2. The van der Waals surface area contributed by atoms with Crippen molar-refractivity contribution in [2.45, 2.75) is 31.3 Å². The molecule has 1 amide bonds. The fourth-order valence-corrected chi connectivity index (χ4v) is 4.00. The number of anilines is 3. The maximum absolute atomic E-state index is 12.5. The number of hydrogen-bond acceptors (Lipinski definition) is 8. The zero-order chi connectivity index (χ0) is 24.4. The second kappa shape index (κ2) is 9.21. The molecular formula is C21H24N7O6+. The first kappa shape index (κ1) is 22.8. The van der Waals surface area contributed by atoms with Gasteiger partial charge in [-0.1, -0.05) is 0 Å². The highest BCUT2D eigenvalue weighted by Crippen LogP contribution is 2.28. The van der Waals surface area contributed by atoms with E-state index in [2.05, 4.69) is 20.6 Å². The van der Waals surface area contributed by atoms with Crippen LogP contribution in [0.15, 0.2) is 29.1 Å². The number of nitrogens with one attached hydrogen (secondary N) is 3. The number of rotatable bonds is 7. The highest BCUT2D eigenvalue weighted by Gasteiger charge is 2.36. The molecule has 0 bridgehead atoms. The fourth-order valence-electron chi connectivity index (χ4n) is 4.00. The van der Waals surface area contributed by atoms with Gasteiger partial charge in [0.1, 0.15) is 17.8 Å². The molecule has 7 N–H and O–H groups in total. The van der Waals surface area contributed by atoms with Crippen molar-refractivity contribution in [1.82, 2.24) is 15.3 Å². The summed E-state index contributed by atoms with van der Waals surface area (Å²) in [6.45, 7) is 1.29. The molecule has 0 saturated carbocycles. The summed E-state index contributed by atoms with van der Waals surface area (Å²) in [6, 6.07) is 5.31. The van der Waals surface area contributed by atoms with Gasteiger partial charge in [0.25, 0.3) is 5.91 Å². The third-order valence-electron chi connectivity index (χ3n) is 5.75. The monoisotopic (exact) mass is 470 g/mol. The van der Waals surface area contributed by atoms with E-state index in [0.717, 1.165) is 12.1 Å². The van der Waals surface area contributed by atoms with Gasteiger partial charge in [0.2, 0.25) is 18.0 Å². The molecule has 0 radical (unpaired) electrons. The van der Waals surface area contributed by atoms with Crippen LogP contribution < -0.4 is 26.8 Å². The molecule has 4 rings (SSSR count). The molecule has 13 nitrogen and oxygen atoms in total. The summed E-state index contributed by atoms with van der Waals surface area (Å²) in [5, 5.41) is 23.5. The standard InChI is InChI=1S/C21H23N7O6/c22-21-25-17-16(19(32)26-21)28-10-27(8-7-13(28)9-23-17)12-3-1-11(2-4-12)18(31)24-14(20(33)34)5-6-15(29)30/h1-4,10,13-14H,5-9H2,(H6-,22,23,24,25,26,29,30,31,32,33,34)/p+1/t13-,14-/m1/s1. The molecule has 0 saturated heterocycles. The number of nitrogens with zero attached hydrogens (tertiary/aromatic N) is 3. The third-order valence-corrected chi connectivity index (χ3v) is 5.75. The van der Waals surface area contributed by atoms with Gasteiger partial charge in [-0.3, -0.25) is 19.4 Å². The maximum Gasteiger partial charge on any atom is 0.326 e. The number of carbonyl (C=O) groups excluding carboxylic acids is 1. The Morgan fingerprint density at radius 1 is 1.26 bits per heavy atom. The average molecular weight is 470 g/mol. The Morgan fingerprint density at radius 3 is 2.68 bits per heavy atom. The Morgan fingerprint density at radius 2 is 2.00 bits per heavy atom. The van der Waals surface area contributed by atoms with Gasteiger partial charge in [-0.2, -0.15) is 4.98 Å². The van der Waals surface area contributed by atoms with Gasteiger partial charge in [-0.15, -0.1) is 0 Å². The van der Waals surface area contributed by atoms with E-state index >= 15 is 0 Å². The van der Waals surface area contributed by atoms with E-state index in [1.54, 1.807) is 24.3 Å². The van der Waals surface area contributed by atoms with Gasteiger partial charge in [0.15, 0.2) is 5.82 Å². The molecule has 0 unspecified atom stereocenters. The zero-order valence-corrected chi connectivity index (χ0v) is 18.0. The van der Waals surface area contributed by atoms with Gasteiger partial charge < -0.3 is 26.6 Å². The fraction of sp³-hybridized carbons (Fsp3) is 0.333. The number of amides is 1. The van der Waals surface area contributed by atoms with Crippen LogP contribution in [0.25, 0.3) is 0 Å². The van der Waals surface area contributed by atoms with Crippen molar-refractivity contribution in [3.8, 4) is 0 Å². The van der Waals surface area contributed by atoms with E-state index in [0.29, 0.717) is 24.6 Å². The number of hydrogen-bond donors (Lipinski definition) is 6. The summed E-state index contributed by atoms with van der Waals surface area (Å²) in [6.07, 6.45) is 1.99. The number of nitrogen functional groups attached to an aromatic ring is 1. The largest absolute Gasteiger partial charge is 0.481 e. The number of aromatic nitrogens is 2. The number of carboxylic acids is 2. The number of aromatic amines is 1. The van der Waals surface area contributed by atoms with E-state index in [-0.39, 0.29) is 36.0 Å². The molecule has 2 aromatic rings. The molecule has 2 aliphatic heterocycles. The molecule has 0 fully saturated rings. The van der Waals surface area contributed by atoms with Crippen LogP contribution in [0, 0.1) is 0 Å². The van der Waals surface area contributed by atoms with Crippen molar-refractivity contribution in [2.24, 2.45) is 0 Å². The van der Waals surface area contributed by atoms with E-state index in [1.165, 1.54) is 0 Å². The lowest BCUT2D eigenvalue weighted by atomic mass is 10.1. The van der Waals surface area contributed by atoms with Crippen molar-refractivity contribution in [3.05, 3.63) is 40.2 Å². The minimum Gasteiger partial charge on any atom is -0.481 e. The lowest BCUT2D eigenvalue weighted by molar-refractivity contribution is -0.485. The van der Waals surface area contributed by atoms with E-state index in [1.807, 2.05) is 15.8 Å². The molecule has 178 valence electrons. The van der Waals surface area contributed by atoms with Crippen molar-refractivity contribution < 1.29 is 29.2 Å². The third kappa shape index (κ3) is 4.67. The minimum atomic E-state index is -1.30.